The molecule has 1 amide bonds. The van der Waals surface area contributed by atoms with Gasteiger partial charge in [0.2, 0.25) is 5.89 Å². The quantitative estimate of drug-likeness (QED) is 0.617. The monoisotopic (exact) mass is 440 g/mol. The number of amides is 1. The number of β-amino-alcohol motifs (C(OH)–C–C–N with tert-alkyl or cyclic N) is 1. The molecule has 1 aromatic heterocycles. The van der Waals surface area contributed by atoms with Crippen molar-refractivity contribution in [1.29, 1.82) is 0 Å². The van der Waals surface area contributed by atoms with Crippen LogP contribution in [0.2, 0.25) is 5.02 Å². The van der Waals surface area contributed by atoms with Crippen LogP contribution in [0, 0.1) is 5.82 Å². The predicted octanol–water partition coefficient (Wildman–Crippen LogP) is 2.23. The van der Waals surface area contributed by atoms with Crippen molar-refractivity contribution in [2.75, 3.05) is 51.3 Å². The lowest BCUT2D eigenvalue weighted by molar-refractivity contribution is 0.00949. The Labute approximate surface area is 179 Å². The molecule has 0 spiro atoms. The number of carbonyl (C=O) groups excluding carboxylic acids is 1. The lowest BCUT2D eigenvalue weighted by Gasteiger charge is -2.34. The second kappa shape index (κ2) is 10.8. The maximum Gasteiger partial charge on any atom is 0.277 e. The van der Waals surface area contributed by atoms with Crippen molar-refractivity contribution >= 4 is 23.2 Å². The number of halogens is 2. The molecule has 0 aliphatic carbocycles. The summed E-state index contributed by atoms with van der Waals surface area (Å²) >= 11 is 5.73. The van der Waals surface area contributed by atoms with E-state index in [0.717, 1.165) is 26.2 Å². The highest BCUT2D eigenvalue weighted by atomic mass is 35.5. The number of rotatable bonds is 9. The Bertz CT molecular complexity index is 842. The Morgan fingerprint density at radius 3 is 2.80 bits per heavy atom. The number of ether oxygens (including phenoxy) is 1. The van der Waals surface area contributed by atoms with Gasteiger partial charge in [-0.15, -0.1) is 0 Å². The number of hydrogen-bond donors (Lipinski definition) is 2. The number of nitrogens with one attached hydrogen (secondary N) is 1. The molecule has 1 aliphatic heterocycles. The van der Waals surface area contributed by atoms with E-state index in [9.17, 15) is 14.3 Å². The minimum absolute atomic E-state index is 0.0711. The number of aromatic nitrogens is 1. The van der Waals surface area contributed by atoms with Gasteiger partial charge in [-0.1, -0.05) is 11.6 Å². The first-order chi connectivity index (χ1) is 14.4. The number of aliphatic hydroxyl groups excluding tert-OH is 1. The first kappa shape index (κ1) is 22.6. The third-order valence-corrected chi connectivity index (χ3v) is 5.06. The van der Waals surface area contributed by atoms with Gasteiger partial charge in [-0.25, -0.2) is 9.37 Å². The summed E-state index contributed by atoms with van der Waals surface area (Å²) in [5, 5.41) is 12.5. The van der Waals surface area contributed by atoms with E-state index in [1.165, 1.54) is 24.5 Å². The molecule has 1 saturated heterocycles. The molecular formula is C20H26ClFN4O4. The molecule has 1 aliphatic rings. The van der Waals surface area contributed by atoms with Gasteiger partial charge in [-0.05, 0) is 25.1 Å². The van der Waals surface area contributed by atoms with Gasteiger partial charge in [-0.3, -0.25) is 14.6 Å². The second-order valence-electron chi connectivity index (χ2n) is 7.10. The molecular weight excluding hydrogens is 415 g/mol. The fraction of sp³-hybridized carbons (Fsp3) is 0.500. The van der Waals surface area contributed by atoms with E-state index >= 15 is 0 Å². The van der Waals surface area contributed by atoms with E-state index < -0.39 is 17.8 Å². The Morgan fingerprint density at radius 2 is 2.10 bits per heavy atom. The third-order valence-electron chi connectivity index (χ3n) is 4.77. The molecule has 1 atom stereocenters. The number of hydrogen-bond acceptors (Lipinski definition) is 7. The minimum atomic E-state index is -0.553. The van der Waals surface area contributed by atoms with Crippen molar-refractivity contribution in [3.8, 4) is 0 Å². The Morgan fingerprint density at radius 1 is 1.37 bits per heavy atom. The number of carbonyl (C=O) groups is 1. The van der Waals surface area contributed by atoms with Crippen LogP contribution >= 0.6 is 11.6 Å². The fourth-order valence-corrected chi connectivity index (χ4v) is 3.36. The normalized spacial score (nSPS) is 16.5. The molecule has 10 heteroatoms. The number of aliphatic hydroxyl groups is 1. The summed E-state index contributed by atoms with van der Waals surface area (Å²) in [5.41, 5.74) is 0.515. The Balaban J connectivity index is 1.45. The number of benzene rings is 1. The zero-order chi connectivity index (χ0) is 21.5. The van der Waals surface area contributed by atoms with E-state index in [1.54, 1.807) is 0 Å². The standard InChI is InChI=1S/C20H26ClFN4O4/c1-2-29-12-15(27)10-25-5-7-26(8-6-25)11-19-24-18(13-30-19)20(28)23-14-3-4-17(22)16(21)9-14/h3-4,9,13,15,27H,2,5-8,10-12H2,1H3,(H,23,28)/t15-/m1/s1. The highest BCUT2D eigenvalue weighted by Crippen LogP contribution is 2.20. The van der Waals surface area contributed by atoms with Gasteiger partial charge in [0, 0.05) is 45.0 Å². The first-order valence-corrected chi connectivity index (χ1v) is 10.2. The molecule has 1 aromatic carbocycles. The molecule has 2 aromatic rings. The molecule has 0 saturated carbocycles. The number of anilines is 1. The van der Waals surface area contributed by atoms with E-state index in [1.807, 2.05) is 6.92 Å². The zero-order valence-corrected chi connectivity index (χ0v) is 17.6. The van der Waals surface area contributed by atoms with Crippen LogP contribution in [0.25, 0.3) is 0 Å². The average molecular weight is 441 g/mol. The van der Waals surface area contributed by atoms with E-state index in [0.29, 0.717) is 37.9 Å². The third kappa shape index (κ3) is 6.48. The number of oxazole rings is 1. The van der Waals surface area contributed by atoms with Crippen molar-refractivity contribution in [2.24, 2.45) is 0 Å². The van der Waals surface area contributed by atoms with Crippen LogP contribution in [0.1, 0.15) is 23.3 Å². The maximum absolute atomic E-state index is 13.2. The van der Waals surface area contributed by atoms with Crippen molar-refractivity contribution in [3.63, 3.8) is 0 Å². The SMILES string of the molecule is CCOC[C@H](O)CN1CCN(Cc2nc(C(=O)Nc3ccc(F)c(Cl)c3)co2)CC1. The predicted molar refractivity (Wildman–Crippen MR) is 110 cm³/mol. The molecule has 0 radical (unpaired) electrons. The summed E-state index contributed by atoms with van der Waals surface area (Å²) in [6.07, 6.45) is 0.816. The van der Waals surface area contributed by atoms with Gasteiger partial charge in [-0.2, -0.15) is 0 Å². The Hall–Kier alpha value is -2.04. The van der Waals surface area contributed by atoms with Crippen LogP contribution in [-0.4, -0.2) is 77.8 Å². The van der Waals surface area contributed by atoms with E-state index in [-0.39, 0.29) is 10.7 Å². The number of piperazine rings is 1. The highest BCUT2D eigenvalue weighted by molar-refractivity contribution is 6.31. The summed E-state index contributed by atoms with van der Waals surface area (Å²) in [4.78, 5) is 20.9. The average Bonchev–Trinajstić information content (AvgIpc) is 3.19. The molecule has 0 unspecified atom stereocenters. The largest absolute Gasteiger partial charge is 0.447 e. The summed E-state index contributed by atoms with van der Waals surface area (Å²) in [6.45, 7) is 7.18. The summed E-state index contributed by atoms with van der Waals surface area (Å²) in [5.74, 6) is -0.565. The van der Waals surface area contributed by atoms with Gasteiger partial charge in [0.25, 0.3) is 5.91 Å². The maximum atomic E-state index is 13.2. The fourth-order valence-electron chi connectivity index (χ4n) is 3.18. The molecule has 30 heavy (non-hydrogen) atoms. The molecule has 2 heterocycles. The molecule has 3 rings (SSSR count). The molecule has 2 N–H and O–H groups in total. The van der Waals surface area contributed by atoms with E-state index in [4.69, 9.17) is 20.8 Å². The lowest BCUT2D eigenvalue weighted by atomic mass is 10.2. The van der Waals surface area contributed by atoms with Crippen LogP contribution in [-0.2, 0) is 11.3 Å². The summed E-state index contributed by atoms with van der Waals surface area (Å²) in [6, 6.07) is 3.94. The van der Waals surface area contributed by atoms with Crippen LogP contribution < -0.4 is 5.32 Å². The smallest absolute Gasteiger partial charge is 0.277 e. The van der Waals surface area contributed by atoms with Crippen molar-refractivity contribution in [3.05, 3.63) is 46.9 Å². The van der Waals surface area contributed by atoms with Crippen molar-refractivity contribution < 1.29 is 23.4 Å². The number of nitrogens with zero attached hydrogens (tertiary/aromatic N) is 3. The van der Waals surface area contributed by atoms with Gasteiger partial charge >= 0.3 is 0 Å². The topological polar surface area (TPSA) is 91.1 Å². The first-order valence-electron chi connectivity index (χ1n) is 9.86. The van der Waals surface area contributed by atoms with E-state index in [2.05, 4.69) is 20.1 Å². The molecule has 0 bridgehead atoms. The molecule has 1 fully saturated rings. The van der Waals surface area contributed by atoms with Crippen LogP contribution in [0.5, 0.6) is 0 Å². The van der Waals surface area contributed by atoms with Crippen LogP contribution in [0.15, 0.2) is 28.9 Å². The van der Waals surface area contributed by atoms with Gasteiger partial charge in [0.05, 0.1) is 24.3 Å². The van der Waals surface area contributed by atoms with Crippen LogP contribution in [0.4, 0.5) is 10.1 Å². The highest BCUT2D eigenvalue weighted by Gasteiger charge is 2.21. The molecule has 8 nitrogen and oxygen atoms in total. The summed E-state index contributed by atoms with van der Waals surface area (Å²) in [7, 11) is 0. The van der Waals surface area contributed by atoms with Crippen LogP contribution in [0.3, 0.4) is 0 Å². The van der Waals surface area contributed by atoms with Crippen molar-refractivity contribution in [1.82, 2.24) is 14.8 Å². The molecule has 164 valence electrons. The zero-order valence-electron chi connectivity index (χ0n) is 16.8. The minimum Gasteiger partial charge on any atom is -0.447 e. The van der Waals surface area contributed by atoms with Gasteiger partial charge < -0.3 is 19.6 Å². The van der Waals surface area contributed by atoms with Crippen molar-refractivity contribution in [2.45, 2.75) is 19.6 Å². The Kier molecular flexibility index (Phi) is 8.17. The lowest BCUT2D eigenvalue weighted by Crippen LogP contribution is -2.48. The summed E-state index contributed by atoms with van der Waals surface area (Å²) < 4.78 is 23.9. The second-order valence-corrected chi connectivity index (χ2v) is 7.51. The van der Waals surface area contributed by atoms with Gasteiger partial charge in [0.15, 0.2) is 5.69 Å². The van der Waals surface area contributed by atoms with Gasteiger partial charge in [0.1, 0.15) is 12.1 Å².